The van der Waals surface area contributed by atoms with Crippen LogP contribution in [0, 0.1) is 5.92 Å². The molecule has 1 aliphatic rings. The number of aromatic nitrogens is 2. The number of rotatable bonds is 3. The quantitative estimate of drug-likeness (QED) is 0.783. The Morgan fingerprint density at radius 2 is 2.32 bits per heavy atom. The van der Waals surface area contributed by atoms with Crippen LogP contribution >= 0.6 is 0 Å². The van der Waals surface area contributed by atoms with Gasteiger partial charge in [0.2, 0.25) is 5.95 Å². The predicted octanol–water partition coefficient (Wildman–Crippen LogP) is 2.28. The zero-order valence-electron chi connectivity index (χ0n) is 11.8. The molecule has 1 aliphatic heterocycles. The number of piperidine rings is 1. The van der Waals surface area contributed by atoms with Crippen LogP contribution in [0.25, 0.3) is 0 Å². The number of nitrogens with zero attached hydrogens (tertiary/aromatic N) is 3. The highest BCUT2D eigenvalue weighted by Crippen LogP contribution is 2.19. The van der Waals surface area contributed by atoms with Crippen molar-refractivity contribution < 1.29 is 9.53 Å². The maximum Gasteiger partial charge on any atom is 0.357 e. The topological polar surface area (TPSA) is 55.3 Å². The van der Waals surface area contributed by atoms with Crippen LogP contribution < -0.4 is 4.90 Å². The molecule has 1 aromatic rings. The standard InChI is InChI=1S/C14H21N3O2/c1-10(2)19-13(18)12-6-7-15-14(16-12)17-8-4-5-11(3)9-17/h6-7,10-11H,4-5,8-9H2,1-3H3. The van der Waals surface area contributed by atoms with Crippen molar-refractivity contribution in [2.24, 2.45) is 5.92 Å². The van der Waals surface area contributed by atoms with Gasteiger partial charge in [-0.2, -0.15) is 0 Å². The van der Waals surface area contributed by atoms with Crippen molar-refractivity contribution >= 4 is 11.9 Å². The van der Waals surface area contributed by atoms with Gasteiger partial charge >= 0.3 is 5.97 Å². The molecule has 1 fully saturated rings. The summed E-state index contributed by atoms with van der Waals surface area (Å²) < 4.78 is 5.15. The van der Waals surface area contributed by atoms with Crippen molar-refractivity contribution in [2.75, 3.05) is 18.0 Å². The largest absolute Gasteiger partial charge is 0.458 e. The van der Waals surface area contributed by atoms with E-state index in [1.165, 1.54) is 6.42 Å². The number of hydrogen-bond acceptors (Lipinski definition) is 5. The van der Waals surface area contributed by atoms with Gasteiger partial charge in [-0.15, -0.1) is 0 Å². The van der Waals surface area contributed by atoms with E-state index in [1.54, 1.807) is 12.3 Å². The first-order valence-electron chi connectivity index (χ1n) is 6.85. The predicted molar refractivity (Wildman–Crippen MR) is 73.2 cm³/mol. The lowest BCUT2D eigenvalue weighted by Gasteiger charge is -2.30. The van der Waals surface area contributed by atoms with Crippen molar-refractivity contribution in [1.29, 1.82) is 0 Å². The van der Waals surface area contributed by atoms with Crippen LogP contribution in [-0.4, -0.2) is 35.1 Å². The Morgan fingerprint density at radius 1 is 1.53 bits per heavy atom. The molecule has 1 unspecified atom stereocenters. The summed E-state index contributed by atoms with van der Waals surface area (Å²) >= 11 is 0. The van der Waals surface area contributed by atoms with E-state index in [0.717, 1.165) is 19.5 Å². The Hall–Kier alpha value is -1.65. The Kier molecular flexibility index (Phi) is 4.35. The summed E-state index contributed by atoms with van der Waals surface area (Å²) in [6, 6.07) is 1.60. The van der Waals surface area contributed by atoms with E-state index < -0.39 is 0 Å². The number of carbonyl (C=O) groups excluding carboxylic acids is 1. The van der Waals surface area contributed by atoms with Gasteiger partial charge in [0.15, 0.2) is 5.69 Å². The lowest BCUT2D eigenvalue weighted by atomic mass is 10.0. The SMILES string of the molecule is CC1CCCN(c2nccc(C(=O)OC(C)C)n2)C1. The van der Waals surface area contributed by atoms with Gasteiger partial charge in [0.25, 0.3) is 0 Å². The Bertz CT molecular complexity index is 448. The highest BCUT2D eigenvalue weighted by Gasteiger charge is 2.20. The zero-order valence-corrected chi connectivity index (χ0v) is 11.8. The van der Waals surface area contributed by atoms with Crippen molar-refractivity contribution in [3.05, 3.63) is 18.0 Å². The van der Waals surface area contributed by atoms with Gasteiger partial charge in [-0.25, -0.2) is 14.8 Å². The second kappa shape index (κ2) is 5.99. The lowest BCUT2D eigenvalue weighted by molar-refractivity contribution is 0.0370. The molecule has 0 N–H and O–H groups in total. The molecule has 1 atom stereocenters. The summed E-state index contributed by atoms with van der Waals surface area (Å²) in [5.74, 6) is 0.886. The molecule has 0 saturated carbocycles. The van der Waals surface area contributed by atoms with Crippen LogP contribution in [0.3, 0.4) is 0 Å². The third-order valence-electron chi connectivity index (χ3n) is 3.13. The van der Waals surface area contributed by atoms with Crippen molar-refractivity contribution in [2.45, 2.75) is 39.7 Å². The van der Waals surface area contributed by atoms with Gasteiger partial charge in [0.05, 0.1) is 6.10 Å². The summed E-state index contributed by atoms with van der Waals surface area (Å²) in [7, 11) is 0. The highest BCUT2D eigenvalue weighted by atomic mass is 16.5. The molecule has 2 heterocycles. The lowest BCUT2D eigenvalue weighted by Crippen LogP contribution is -2.35. The van der Waals surface area contributed by atoms with Crippen LogP contribution in [0.15, 0.2) is 12.3 Å². The number of carbonyl (C=O) groups is 1. The molecule has 1 aromatic heterocycles. The third-order valence-corrected chi connectivity index (χ3v) is 3.13. The Labute approximate surface area is 114 Å². The molecule has 2 rings (SSSR count). The van der Waals surface area contributed by atoms with Gasteiger partial charge in [0, 0.05) is 19.3 Å². The molecule has 0 spiro atoms. The number of esters is 1. The van der Waals surface area contributed by atoms with E-state index in [2.05, 4.69) is 21.8 Å². The molecular formula is C14H21N3O2. The molecule has 5 nitrogen and oxygen atoms in total. The maximum absolute atomic E-state index is 11.8. The smallest absolute Gasteiger partial charge is 0.357 e. The fraction of sp³-hybridized carbons (Fsp3) is 0.643. The Balaban J connectivity index is 2.12. The van der Waals surface area contributed by atoms with Gasteiger partial charge < -0.3 is 9.64 Å². The van der Waals surface area contributed by atoms with Crippen molar-refractivity contribution in [1.82, 2.24) is 9.97 Å². The van der Waals surface area contributed by atoms with Crippen LogP contribution in [-0.2, 0) is 4.74 Å². The van der Waals surface area contributed by atoms with Crippen LogP contribution in [0.4, 0.5) is 5.95 Å². The molecule has 0 aromatic carbocycles. The number of hydrogen-bond donors (Lipinski definition) is 0. The average molecular weight is 263 g/mol. The second-order valence-corrected chi connectivity index (χ2v) is 5.39. The minimum Gasteiger partial charge on any atom is -0.458 e. The first-order chi connectivity index (χ1) is 9.06. The van der Waals surface area contributed by atoms with E-state index in [4.69, 9.17) is 4.74 Å². The second-order valence-electron chi connectivity index (χ2n) is 5.39. The fourth-order valence-corrected chi connectivity index (χ4v) is 2.26. The maximum atomic E-state index is 11.8. The zero-order chi connectivity index (χ0) is 13.8. The van der Waals surface area contributed by atoms with E-state index in [-0.39, 0.29) is 12.1 Å². The monoisotopic (exact) mass is 263 g/mol. The van der Waals surface area contributed by atoms with Gasteiger partial charge in [0.1, 0.15) is 0 Å². The van der Waals surface area contributed by atoms with E-state index >= 15 is 0 Å². The molecule has 104 valence electrons. The average Bonchev–Trinajstić information content (AvgIpc) is 2.38. The summed E-state index contributed by atoms with van der Waals surface area (Å²) in [4.78, 5) is 22.6. The number of ether oxygens (including phenoxy) is 1. The fourth-order valence-electron chi connectivity index (χ4n) is 2.26. The van der Waals surface area contributed by atoms with Gasteiger partial charge in [-0.1, -0.05) is 6.92 Å². The van der Waals surface area contributed by atoms with Gasteiger partial charge in [-0.05, 0) is 38.7 Å². The molecule has 0 amide bonds. The summed E-state index contributed by atoms with van der Waals surface area (Å²) in [6.45, 7) is 7.78. The minimum atomic E-state index is -0.385. The van der Waals surface area contributed by atoms with Crippen LogP contribution in [0.5, 0.6) is 0 Å². The molecule has 0 bridgehead atoms. The van der Waals surface area contributed by atoms with Crippen LogP contribution in [0.2, 0.25) is 0 Å². The van der Waals surface area contributed by atoms with Crippen molar-refractivity contribution in [3.8, 4) is 0 Å². The first kappa shape index (κ1) is 13.8. The van der Waals surface area contributed by atoms with Crippen molar-refractivity contribution in [3.63, 3.8) is 0 Å². The first-order valence-corrected chi connectivity index (χ1v) is 6.85. The molecule has 0 radical (unpaired) electrons. The molecule has 0 aliphatic carbocycles. The van der Waals surface area contributed by atoms with Crippen LogP contribution in [0.1, 0.15) is 44.1 Å². The summed E-state index contributed by atoms with van der Waals surface area (Å²) in [6.07, 6.45) is 3.87. The molecule has 19 heavy (non-hydrogen) atoms. The normalized spacial score (nSPS) is 19.6. The van der Waals surface area contributed by atoms with Gasteiger partial charge in [-0.3, -0.25) is 0 Å². The summed E-state index contributed by atoms with van der Waals surface area (Å²) in [5.41, 5.74) is 0.330. The third kappa shape index (κ3) is 3.66. The highest BCUT2D eigenvalue weighted by molar-refractivity contribution is 5.87. The Morgan fingerprint density at radius 3 is 3.00 bits per heavy atom. The molecule has 5 heteroatoms. The van der Waals surface area contributed by atoms with E-state index in [0.29, 0.717) is 17.6 Å². The summed E-state index contributed by atoms with van der Waals surface area (Å²) in [5, 5.41) is 0. The molecular weight excluding hydrogens is 242 g/mol. The van der Waals surface area contributed by atoms with E-state index in [1.807, 2.05) is 13.8 Å². The minimum absolute atomic E-state index is 0.138. The van der Waals surface area contributed by atoms with E-state index in [9.17, 15) is 4.79 Å². The number of anilines is 1. The molecule has 1 saturated heterocycles.